The van der Waals surface area contributed by atoms with Gasteiger partial charge in [-0.05, 0) is 105 Å². The van der Waals surface area contributed by atoms with Crippen LogP contribution in [0.1, 0.15) is 55.5 Å². The van der Waals surface area contributed by atoms with Crippen LogP contribution in [-0.2, 0) is 43.2 Å². The van der Waals surface area contributed by atoms with Crippen molar-refractivity contribution >= 4 is 40.7 Å². The fourth-order valence-corrected chi connectivity index (χ4v) is 7.15. The van der Waals surface area contributed by atoms with Gasteiger partial charge in [-0.25, -0.2) is 4.68 Å². The summed E-state index contributed by atoms with van der Waals surface area (Å²) in [7, 11) is 3.98. The van der Waals surface area contributed by atoms with E-state index in [4.69, 9.17) is 46.9 Å². The number of benzene rings is 3. The van der Waals surface area contributed by atoms with Crippen molar-refractivity contribution in [2.45, 2.75) is 58.0 Å². The zero-order chi connectivity index (χ0) is 48.1. The van der Waals surface area contributed by atoms with Crippen LogP contribution < -0.4 is 20.1 Å². The molecule has 4 aromatic rings. The second-order valence-electron chi connectivity index (χ2n) is 15.7. The molecule has 1 atom stereocenters. The second kappa shape index (κ2) is 31.7. The SMILES string of the molecule is C=C/C=C(\C=C)CNC(=O)C(c1ccc(Cl)c(Cl)c1)N(CCC)C(=O)CCc1ccc(OCCCCN(C)CCOCCOCCc2cn(CCOCCOc3ccc(NC)cc3)nn2)cc1. The molecule has 67 heavy (non-hydrogen) atoms. The highest BCUT2D eigenvalue weighted by atomic mass is 35.5. The molecule has 0 aliphatic heterocycles. The Labute approximate surface area is 407 Å². The summed E-state index contributed by atoms with van der Waals surface area (Å²) in [4.78, 5) is 31.4. The number of nitrogens with zero attached hydrogens (tertiary/aromatic N) is 5. The first-order chi connectivity index (χ1) is 32.6. The highest BCUT2D eigenvalue weighted by Gasteiger charge is 2.31. The van der Waals surface area contributed by atoms with Gasteiger partial charge in [-0.1, -0.05) is 84.9 Å². The average molecular weight is 963 g/mol. The molecule has 14 nitrogen and oxygen atoms in total. The van der Waals surface area contributed by atoms with Crippen molar-refractivity contribution in [2.75, 3.05) is 98.4 Å². The van der Waals surface area contributed by atoms with Crippen LogP contribution >= 0.6 is 23.2 Å². The predicted molar refractivity (Wildman–Crippen MR) is 267 cm³/mol. The molecule has 1 unspecified atom stereocenters. The first-order valence-corrected chi connectivity index (χ1v) is 23.8. The van der Waals surface area contributed by atoms with E-state index in [1.807, 2.05) is 68.7 Å². The van der Waals surface area contributed by atoms with Crippen molar-refractivity contribution in [1.29, 1.82) is 0 Å². The van der Waals surface area contributed by atoms with Gasteiger partial charge in [-0.2, -0.15) is 0 Å². The molecule has 0 bridgehead atoms. The minimum absolute atomic E-state index is 0.139. The molecule has 0 aliphatic rings. The van der Waals surface area contributed by atoms with Crippen molar-refractivity contribution < 1.29 is 33.3 Å². The molecule has 0 radical (unpaired) electrons. The van der Waals surface area contributed by atoms with E-state index in [0.717, 1.165) is 59.9 Å². The molecule has 3 aromatic carbocycles. The molecule has 364 valence electrons. The molecule has 0 saturated heterocycles. The van der Waals surface area contributed by atoms with Crippen molar-refractivity contribution in [1.82, 2.24) is 30.1 Å². The van der Waals surface area contributed by atoms with Crippen LogP contribution in [0, 0.1) is 0 Å². The number of anilines is 1. The third kappa shape index (κ3) is 20.7. The van der Waals surface area contributed by atoms with E-state index >= 15 is 0 Å². The number of nitrogens with one attached hydrogen (secondary N) is 2. The number of allylic oxidation sites excluding steroid dienone is 2. The van der Waals surface area contributed by atoms with E-state index in [0.29, 0.717) is 101 Å². The maximum atomic E-state index is 13.8. The van der Waals surface area contributed by atoms with Gasteiger partial charge in [0.25, 0.3) is 0 Å². The number of hydrogen-bond acceptors (Lipinski definition) is 11. The van der Waals surface area contributed by atoms with Crippen molar-refractivity contribution in [2.24, 2.45) is 0 Å². The van der Waals surface area contributed by atoms with Crippen LogP contribution in [0.2, 0.25) is 10.0 Å². The van der Waals surface area contributed by atoms with E-state index in [1.54, 1.807) is 46.0 Å². The number of likely N-dealkylation sites (N-methyl/N-ethyl adjacent to an activating group) is 1. The maximum absolute atomic E-state index is 13.8. The maximum Gasteiger partial charge on any atom is 0.247 e. The fourth-order valence-electron chi connectivity index (χ4n) is 6.84. The molecule has 4 rings (SSSR count). The number of ether oxygens (including phenoxy) is 5. The molecule has 1 heterocycles. The van der Waals surface area contributed by atoms with E-state index in [9.17, 15) is 9.59 Å². The van der Waals surface area contributed by atoms with E-state index in [1.165, 1.54) is 0 Å². The van der Waals surface area contributed by atoms with Gasteiger partial charge in [0.15, 0.2) is 0 Å². The molecule has 1 aromatic heterocycles. The Hall–Kier alpha value is -5.22. The van der Waals surface area contributed by atoms with Gasteiger partial charge in [-0.15, -0.1) is 5.10 Å². The molecular formula is C51H69Cl2N7O7. The van der Waals surface area contributed by atoms with Gasteiger partial charge in [0, 0.05) is 51.4 Å². The lowest BCUT2D eigenvalue weighted by molar-refractivity contribution is -0.140. The van der Waals surface area contributed by atoms with Crippen molar-refractivity contribution in [3.8, 4) is 11.5 Å². The minimum Gasteiger partial charge on any atom is -0.494 e. The van der Waals surface area contributed by atoms with Crippen LogP contribution in [0.5, 0.6) is 11.5 Å². The Kier molecular flexibility index (Phi) is 25.7. The Morgan fingerprint density at radius 3 is 2.21 bits per heavy atom. The Bertz CT molecular complexity index is 2100. The second-order valence-corrected chi connectivity index (χ2v) is 16.6. The van der Waals surface area contributed by atoms with Gasteiger partial charge >= 0.3 is 0 Å². The first kappa shape index (κ1) is 54.4. The molecule has 2 N–H and O–H groups in total. The molecule has 0 fully saturated rings. The summed E-state index contributed by atoms with van der Waals surface area (Å²) < 4.78 is 30.7. The van der Waals surface area contributed by atoms with Crippen LogP contribution in [0.4, 0.5) is 5.69 Å². The molecular weight excluding hydrogens is 894 g/mol. The molecule has 16 heteroatoms. The monoisotopic (exact) mass is 961 g/mol. The summed E-state index contributed by atoms with van der Waals surface area (Å²) in [5.74, 6) is 1.13. The highest BCUT2D eigenvalue weighted by molar-refractivity contribution is 6.42. The van der Waals surface area contributed by atoms with Crippen LogP contribution in [0.3, 0.4) is 0 Å². The molecule has 2 amide bonds. The molecule has 0 spiro atoms. The number of amides is 2. The van der Waals surface area contributed by atoms with Crippen LogP contribution in [0.25, 0.3) is 0 Å². The van der Waals surface area contributed by atoms with Crippen LogP contribution in [0.15, 0.2) is 110 Å². The van der Waals surface area contributed by atoms with E-state index in [2.05, 4.69) is 46.1 Å². The summed E-state index contributed by atoms with van der Waals surface area (Å²) >= 11 is 12.6. The lowest BCUT2D eigenvalue weighted by Crippen LogP contribution is -2.44. The zero-order valence-corrected chi connectivity index (χ0v) is 40.9. The van der Waals surface area contributed by atoms with Gasteiger partial charge in [-0.3, -0.25) is 9.59 Å². The standard InChI is InChI=1S/C51H69Cl2N7O7/c1-6-11-40(8-3)38-55-51(62)50(42-15-22-47(52)48(53)37-42)60(25-7-2)49(61)23-14-41-12-18-45(19-13-41)66-29-10-9-26-58(5)27-31-64-34-33-63-30-24-44-39-59(57-56-44)28-32-65-35-36-67-46-20-16-43(54-4)17-21-46/h6,8,11-13,15-22,37,39,50,54H,1,3,7,9-10,14,23-36,38H2,2,4-5H3,(H,55,62)/b40-11+. The van der Waals surface area contributed by atoms with E-state index in [-0.39, 0.29) is 24.8 Å². The number of carbonyl (C=O) groups excluding carboxylic acids is 2. The van der Waals surface area contributed by atoms with Crippen LogP contribution in [-0.4, -0.2) is 130 Å². The van der Waals surface area contributed by atoms with Gasteiger partial charge in [0.05, 0.1) is 68.5 Å². The minimum atomic E-state index is -0.895. The fraction of sp³-hybridized carbons (Fsp3) is 0.451. The third-order valence-electron chi connectivity index (χ3n) is 10.6. The average Bonchev–Trinajstić information content (AvgIpc) is 3.80. The number of carbonyl (C=O) groups is 2. The van der Waals surface area contributed by atoms with Gasteiger partial charge in [0.1, 0.15) is 24.1 Å². The smallest absolute Gasteiger partial charge is 0.247 e. The third-order valence-corrected chi connectivity index (χ3v) is 11.3. The Balaban J connectivity index is 1.03. The Morgan fingerprint density at radius 2 is 1.51 bits per heavy atom. The summed E-state index contributed by atoms with van der Waals surface area (Å²) in [6, 6.07) is 19.8. The molecule has 0 aliphatic carbocycles. The normalized spacial score (nSPS) is 11.9. The van der Waals surface area contributed by atoms with E-state index < -0.39 is 6.04 Å². The number of rotatable bonds is 35. The summed E-state index contributed by atoms with van der Waals surface area (Å²) in [6.07, 6.45) is 11.0. The predicted octanol–water partition coefficient (Wildman–Crippen LogP) is 8.42. The topological polar surface area (TPSA) is 142 Å². The van der Waals surface area contributed by atoms with Gasteiger partial charge < -0.3 is 44.1 Å². The van der Waals surface area contributed by atoms with Crippen molar-refractivity contribution in [3.05, 3.63) is 137 Å². The number of aryl methyl sites for hydroxylation is 1. The number of hydrogen-bond donors (Lipinski definition) is 2. The van der Waals surface area contributed by atoms with Crippen molar-refractivity contribution in [3.63, 3.8) is 0 Å². The highest BCUT2D eigenvalue weighted by Crippen LogP contribution is 2.30. The quantitative estimate of drug-likeness (QED) is 0.0339. The summed E-state index contributed by atoms with van der Waals surface area (Å²) in [5.41, 5.74) is 4.29. The number of halogens is 2. The molecule has 0 saturated carbocycles. The van der Waals surface area contributed by atoms with Gasteiger partial charge in [0.2, 0.25) is 11.8 Å². The zero-order valence-electron chi connectivity index (χ0n) is 39.4. The number of unbranched alkanes of at least 4 members (excludes halogenated alkanes) is 1. The summed E-state index contributed by atoms with van der Waals surface area (Å²) in [5, 5.41) is 15.1. The lowest BCUT2D eigenvalue weighted by Gasteiger charge is -2.31. The number of aromatic nitrogens is 3. The lowest BCUT2D eigenvalue weighted by atomic mass is 10.0. The summed E-state index contributed by atoms with van der Waals surface area (Å²) in [6.45, 7) is 16.9. The largest absolute Gasteiger partial charge is 0.494 e. The first-order valence-electron chi connectivity index (χ1n) is 23.0. The Morgan fingerprint density at radius 1 is 0.806 bits per heavy atom.